The van der Waals surface area contributed by atoms with Crippen molar-refractivity contribution in [1.29, 1.82) is 0 Å². The van der Waals surface area contributed by atoms with Crippen LogP contribution in [0.25, 0.3) is 11.0 Å². The van der Waals surface area contributed by atoms with Gasteiger partial charge in [0.25, 0.3) is 0 Å². The smallest absolute Gasteiger partial charge is 0.374 e. The van der Waals surface area contributed by atoms with E-state index in [0.717, 1.165) is 20.2 Å². The summed E-state index contributed by atoms with van der Waals surface area (Å²) in [7, 11) is 0. The van der Waals surface area contributed by atoms with Gasteiger partial charge >= 0.3 is 5.97 Å². The second-order valence-electron chi connectivity index (χ2n) is 4.31. The lowest BCUT2D eigenvalue weighted by molar-refractivity contribution is 0.0460. The standard InChI is InChI=1S/C15H11IN2O2/c16-11-6-7-12-13(8-11)18-14(17-12)15(19)20-9-10-4-2-1-3-5-10/h1-8H,9H2,(H,17,18). The van der Waals surface area contributed by atoms with Gasteiger partial charge < -0.3 is 9.72 Å². The van der Waals surface area contributed by atoms with E-state index in [-0.39, 0.29) is 12.4 Å². The van der Waals surface area contributed by atoms with Crippen molar-refractivity contribution in [3.05, 3.63) is 63.5 Å². The molecule has 1 aromatic heterocycles. The number of hydrogen-bond acceptors (Lipinski definition) is 3. The molecule has 1 N–H and O–H groups in total. The van der Waals surface area contributed by atoms with Crippen molar-refractivity contribution in [2.45, 2.75) is 6.61 Å². The number of carbonyl (C=O) groups excluding carboxylic acids is 1. The third-order valence-electron chi connectivity index (χ3n) is 2.85. The molecule has 0 saturated carbocycles. The number of nitrogens with zero attached hydrogens (tertiary/aromatic N) is 1. The zero-order valence-corrected chi connectivity index (χ0v) is 12.6. The Hall–Kier alpha value is -1.89. The van der Waals surface area contributed by atoms with Crippen molar-refractivity contribution in [1.82, 2.24) is 9.97 Å². The molecular weight excluding hydrogens is 367 g/mol. The molecule has 4 nitrogen and oxygen atoms in total. The number of aromatic amines is 1. The topological polar surface area (TPSA) is 55.0 Å². The monoisotopic (exact) mass is 378 g/mol. The second kappa shape index (κ2) is 5.62. The lowest BCUT2D eigenvalue weighted by atomic mass is 10.2. The molecule has 0 bridgehead atoms. The fraction of sp³-hybridized carbons (Fsp3) is 0.0667. The predicted octanol–water partition coefficient (Wildman–Crippen LogP) is 3.52. The van der Waals surface area contributed by atoms with Gasteiger partial charge in [-0.15, -0.1) is 0 Å². The van der Waals surface area contributed by atoms with E-state index in [1.165, 1.54) is 0 Å². The van der Waals surface area contributed by atoms with Crippen LogP contribution in [-0.2, 0) is 11.3 Å². The number of esters is 1. The molecule has 5 heteroatoms. The Labute approximate surface area is 129 Å². The molecule has 0 aliphatic rings. The zero-order valence-electron chi connectivity index (χ0n) is 10.5. The Bertz CT molecular complexity index is 753. The number of ether oxygens (including phenoxy) is 1. The number of carbonyl (C=O) groups is 1. The van der Waals surface area contributed by atoms with Gasteiger partial charge in [0.1, 0.15) is 6.61 Å². The van der Waals surface area contributed by atoms with E-state index in [0.29, 0.717) is 0 Å². The van der Waals surface area contributed by atoms with Gasteiger partial charge in [0.2, 0.25) is 5.82 Å². The summed E-state index contributed by atoms with van der Waals surface area (Å²) in [4.78, 5) is 19.2. The maximum Gasteiger partial charge on any atom is 0.374 e. The molecule has 0 saturated heterocycles. The van der Waals surface area contributed by atoms with Gasteiger partial charge in [0, 0.05) is 3.57 Å². The van der Waals surface area contributed by atoms with E-state index in [1.54, 1.807) is 0 Å². The summed E-state index contributed by atoms with van der Waals surface area (Å²) in [5.41, 5.74) is 2.55. The number of H-pyrrole nitrogens is 1. The Morgan fingerprint density at radius 1 is 1.20 bits per heavy atom. The van der Waals surface area contributed by atoms with E-state index < -0.39 is 5.97 Å². The van der Waals surface area contributed by atoms with Crippen LogP contribution in [-0.4, -0.2) is 15.9 Å². The van der Waals surface area contributed by atoms with Crippen LogP contribution in [0.15, 0.2) is 48.5 Å². The highest BCUT2D eigenvalue weighted by atomic mass is 127. The molecule has 1 heterocycles. The van der Waals surface area contributed by atoms with E-state index in [4.69, 9.17) is 4.74 Å². The maximum atomic E-state index is 12.0. The largest absolute Gasteiger partial charge is 0.455 e. The van der Waals surface area contributed by atoms with Gasteiger partial charge in [-0.1, -0.05) is 30.3 Å². The van der Waals surface area contributed by atoms with Crippen molar-refractivity contribution < 1.29 is 9.53 Å². The molecule has 0 aliphatic heterocycles. The fourth-order valence-corrected chi connectivity index (χ4v) is 2.34. The minimum Gasteiger partial charge on any atom is -0.455 e. The summed E-state index contributed by atoms with van der Waals surface area (Å²) >= 11 is 2.21. The molecule has 0 radical (unpaired) electrons. The first-order chi connectivity index (χ1) is 9.72. The van der Waals surface area contributed by atoms with Gasteiger partial charge in [-0.05, 0) is 46.4 Å². The average molecular weight is 378 g/mol. The van der Waals surface area contributed by atoms with Crippen molar-refractivity contribution in [2.24, 2.45) is 0 Å². The molecule has 0 atom stereocenters. The fourth-order valence-electron chi connectivity index (χ4n) is 1.87. The predicted molar refractivity (Wildman–Crippen MR) is 84.4 cm³/mol. The SMILES string of the molecule is O=C(OCc1ccccc1)c1nc2cc(I)ccc2[nH]1. The van der Waals surface area contributed by atoms with E-state index >= 15 is 0 Å². The highest BCUT2D eigenvalue weighted by Crippen LogP contribution is 2.15. The molecule has 0 spiro atoms. The summed E-state index contributed by atoms with van der Waals surface area (Å²) in [5, 5.41) is 0. The number of nitrogens with one attached hydrogen (secondary N) is 1. The van der Waals surface area contributed by atoms with E-state index in [1.807, 2.05) is 48.5 Å². The van der Waals surface area contributed by atoms with E-state index in [9.17, 15) is 4.79 Å². The van der Waals surface area contributed by atoms with Gasteiger partial charge in [-0.25, -0.2) is 9.78 Å². The maximum absolute atomic E-state index is 12.0. The van der Waals surface area contributed by atoms with Crippen LogP contribution >= 0.6 is 22.6 Å². The number of fused-ring (bicyclic) bond motifs is 1. The third-order valence-corrected chi connectivity index (χ3v) is 3.52. The Balaban J connectivity index is 1.75. The first-order valence-corrected chi connectivity index (χ1v) is 7.16. The van der Waals surface area contributed by atoms with Crippen LogP contribution in [0.3, 0.4) is 0 Å². The summed E-state index contributed by atoms with van der Waals surface area (Å²) in [5.74, 6) is -0.210. The first kappa shape index (κ1) is 13.1. The van der Waals surface area contributed by atoms with Crippen molar-refractivity contribution in [2.75, 3.05) is 0 Å². The first-order valence-electron chi connectivity index (χ1n) is 6.09. The molecule has 0 amide bonds. The highest BCUT2D eigenvalue weighted by molar-refractivity contribution is 14.1. The molecule has 3 rings (SSSR count). The van der Waals surface area contributed by atoms with Gasteiger partial charge in [0.15, 0.2) is 0 Å². The molecular formula is C15H11IN2O2. The zero-order chi connectivity index (χ0) is 13.9. The molecule has 0 aliphatic carbocycles. The second-order valence-corrected chi connectivity index (χ2v) is 5.55. The minimum absolute atomic E-state index is 0.234. The number of aromatic nitrogens is 2. The summed E-state index contributed by atoms with van der Waals surface area (Å²) in [6.07, 6.45) is 0. The van der Waals surface area contributed by atoms with Crippen molar-refractivity contribution >= 4 is 39.6 Å². The summed E-state index contributed by atoms with van der Waals surface area (Å²) in [6.45, 7) is 0.244. The van der Waals surface area contributed by atoms with E-state index in [2.05, 4.69) is 32.6 Å². The third kappa shape index (κ3) is 2.82. The lowest BCUT2D eigenvalue weighted by Crippen LogP contribution is -2.07. The van der Waals surface area contributed by atoms with Crippen LogP contribution in [0, 0.1) is 3.57 Å². The Morgan fingerprint density at radius 3 is 2.80 bits per heavy atom. The summed E-state index contributed by atoms with van der Waals surface area (Å²) < 4.78 is 6.31. The number of halogens is 1. The molecule has 0 fully saturated rings. The Kier molecular flexibility index (Phi) is 3.68. The molecule has 100 valence electrons. The van der Waals surface area contributed by atoms with Crippen LogP contribution in [0.5, 0.6) is 0 Å². The van der Waals surface area contributed by atoms with Crippen molar-refractivity contribution in [3.63, 3.8) is 0 Å². The van der Waals surface area contributed by atoms with Gasteiger partial charge in [0.05, 0.1) is 11.0 Å². The minimum atomic E-state index is -0.444. The lowest BCUT2D eigenvalue weighted by Gasteiger charge is -2.02. The molecule has 0 unspecified atom stereocenters. The number of hydrogen-bond donors (Lipinski definition) is 1. The van der Waals surface area contributed by atoms with Crippen LogP contribution in [0.4, 0.5) is 0 Å². The molecule has 2 aromatic carbocycles. The number of rotatable bonds is 3. The highest BCUT2D eigenvalue weighted by Gasteiger charge is 2.13. The molecule has 20 heavy (non-hydrogen) atoms. The van der Waals surface area contributed by atoms with Gasteiger partial charge in [-0.3, -0.25) is 0 Å². The average Bonchev–Trinajstić information content (AvgIpc) is 2.89. The number of benzene rings is 2. The number of imidazole rings is 1. The van der Waals surface area contributed by atoms with Crippen LogP contribution < -0.4 is 0 Å². The quantitative estimate of drug-likeness (QED) is 0.561. The van der Waals surface area contributed by atoms with Crippen molar-refractivity contribution in [3.8, 4) is 0 Å². The Morgan fingerprint density at radius 2 is 2.00 bits per heavy atom. The van der Waals surface area contributed by atoms with Crippen LogP contribution in [0.1, 0.15) is 16.2 Å². The van der Waals surface area contributed by atoms with Gasteiger partial charge in [-0.2, -0.15) is 0 Å². The summed E-state index contributed by atoms with van der Waals surface area (Å²) in [6, 6.07) is 15.3. The van der Waals surface area contributed by atoms with Crippen LogP contribution in [0.2, 0.25) is 0 Å². The molecule has 3 aromatic rings. The normalized spacial score (nSPS) is 10.7.